The molecule has 0 heterocycles. The first-order chi connectivity index (χ1) is 14.4. The lowest BCUT2D eigenvalue weighted by molar-refractivity contribution is -0.0645. The van der Waals surface area contributed by atoms with E-state index in [1.165, 1.54) is 31.2 Å². The van der Waals surface area contributed by atoms with Crippen LogP contribution in [0, 0.1) is 0 Å². The minimum Gasteiger partial charge on any atom is -0.385 e. The van der Waals surface area contributed by atoms with Gasteiger partial charge in [0.25, 0.3) is 0 Å². The highest BCUT2D eigenvalue weighted by Gasteiger charge is 2.10. The molecule has 0 amide bonds. The smallest absolute Gasteiger partial charge is 0.104 e. The summed E-state index contributed by atoms with van der Waals surface area (Å²) in [6.07, 6.45) is 9.12. The maximum atomic E-state index is 6.05. The second-order valence-electron chi connectivity index (χ2n) is 7.38. The SMILES string of the molecule is COCCCCCCOCC(COCc1ccccc1)OCCCCCCOC. The van der Waals surface area contributed by atoms with Gasteiger partial charge in [0.2, 0.25) is 0 Å². The van der Waals surface area contributed by atoms with Crippen LogP contribution >= 0.6 is 0 Å². The summed E-state index contributed by atoms with van der Waals surface area (Å²) in [5.41, 5.74) is 1.18. The van der Waals surface area contributed by atoms with Crippen molar-refractivity contribution in [3.63, 3.8) is 0 Å². The molecule has 29 heavy (non-hydrogen) atoms. The third kappa shape index (κ3) is 16.5. The highest BCUT2D eigenvalue weighted by molar-refractivity contribution is 5.13. The zero-order chi connectivity index (χ0) is 20.8. The Morgan fingerprint density at radius 1 is 0.621 bits per heavy atom. The van der Waals surface area contributed by atoms with Gasteiger partial charge in [-0.1, -0.05) is 56.0 Å². The Balaban J connectivity index is 2.17. The van der Waals surface area contributed by atoms with E-state index in [1.807, 2.05) is 18.2 Å². The van der Waals surface area contributed by atoms with Gasteiger partial charge in [-0.3, -0.25) is 0 Å². The summed E-state index contributed by atoms with van der Waals surface area (Å²) >= 11 is 0. The number of rotatable bonds is 21. The summed E-state index contributed by atoms with van der Waals surface area (Å²) in [7, 11) is 3.51. The first-order valence-electron chi connectivity index (χ1n) is 11.2. The van der Waals surface area contributed by atoms with Crippen LogP contribution in [-0.2, 0) is 30.3 Å². The molecule has 1 aromatic rings. The molecule has 1 rings (SSSR count). The number of unbranched alkanes of at least 4 members (excludes halogenated alkanes) is 6. The van der Waals surface area contributed by atoms with E-state index in [1.54, 1.807) is 14.2 Å². The van der Waals surface area contributed by atoms with E-state index in [0.717, 1.165) is 52.1 Å². The monoisotopic (exact) mass is 410 g/mol. The molecule has 0 fully saturated rings. The van der Waals surface area contributed by atoms with Crippen LogP contribution in [0.4, 0.5) is 0 Å². The van der Waals surface area contributed by atoms with E-state index in [-0.39, 0.29) is 6.10 Å². The third-order valence-electron chi connectivity index (χ3n) is 4.70. The summed E-state index contributed by atoms with van der Waals surface area (Å²) in [5, 5.41) is 0. The number of hydrogen-bond acceptors (Lipinski definition) is 5. The number of hydrogen-bond donors (Lipinski definition) is 0. The van der Waals surface area contributed by atoms with Crippen LogP contribution in [0.3, 0.4) is 0 Å². The predicted molar refractivity (Wildman–Crippen MR) is 117 cm³/mol. The molecule has 0 radical (unpaired) electrons. The van der Waals surface area contributed by atoms with E-state index in [2.05, 4.69) is 12.1 Å². The highest BCUT2D eigenvalue weighted by Crippen LogP contribution is 2.06. The second kappa shape index (κ2) is 20.3. The number of methoxy groups -OCH3 is 2. The lowest BCUT2D eigenvalue weighted by atomic mass is 10.2. The summed E-state index contributed by atoms with van der Waals surface area (Å²) in [6.45, 7) is 4.99. The highest BCUT2D eigenvalue weighted by atomic mass is 16.6. The van der Waals surface area contributed by atoms with Gasteiger partial charge in [-0.05, 0) is 31.2 Å². The second-order valence-corrected chi connectivity index (χ2v) is 7.38. The molecule has 0 saturated carbocycles. The molecule has 0 aliphatic heterocycles. The molecule has 5 nitrogen and oxygen atoms in total. The van der Waals surface area contributed by atoms with Crippen molar-refractivity contribution in [1.29, 1.82) is 0 Å². The standard InChI is InChI=1S/C24H42O5/c1-25-16-10-3-5-12-18-27-21-24(29-19-13-6-4-11-17-26-2)22-28-20-23-14-8-7-9-15-23/h7-9,14-15,24H,3-6,10-13,16-22H2,1-2H3. The maximum absolute atomic E-state index is 6.05. The van der Waals surface area contributed by atoms with Crippen LogP contribution in [-0.4, -0.2) is 60.0 Å². The molecule has 0 aliphatic carbocycles. The van der Waals surface area contributed by atoms with E-state index in [4.69, 9.17) is 23.7 Å². The van der Waals surface area contributed by atoms with Crippen molar-refractivity contribution in [2.24, 2.45) is 0 Å². The molecular weight excluding hydrogens is 368 g/mol. The van der Waals surface area contributed by atoms with E-state index < -0.39 is 0 Å². The summed E-state index contributed by atoms with van der Waals surface area (Å²) in [6, 6.07) is 10.2. The summed E-state index contributed by atoms with van der Waals surface area (Å²) < 4.78 is 28.0. The van der Waals surface area contributed by atoms with E-state index >= 15 is 0 Å². The van der Waals surface area contributed by atoms with Crippen molar-refractivity contribution in [2.45, 2.75) is 64.1 Å². The van der Waals surface area contributed by atoms with Crippen molar-refractivity contribution < 1.29 is 23.7 Å². The Labute approximate surface area is 178 Å². The fraction of sp³-hybridized carbons (Fsp3) is 0.750. The van der Waals surface area contributed by atoms with Crippen LogP contribution < -0.4 is 0 Å². The van der Waals surface area contributed by atoms with Crippen LogP contribution in [0.2, 0.25) is 0 Å². The minimum absolute atomic E-state index is 0.00817. The van der Waals surface area contributed by atoms with Gasteiger partial charge in [0.05, 0.1) is 19.8 Å². The Morgan fingerprint density at radius 2 is 1.17 bits per heavy atom. The Hall–Kier alpha value is -0.980. The van der Waals surface area contributed by atoms with Crippen molar-refractivity contribution in [2.75, 3.05) is 53.9 Å². The van der Waals surface area contributed by atoms with Gasteiger partial charge in [-0.15, -0.1) is 0 Å². The Bertz CT molecular complexity index is 440. The maximum Gasteiger partial charge on any atom is 0.104 e. The third-order valence-corrected chi connectivity index (χ3v) is 4.70. The molecule has 168 valence electrons. The van der Waals surface area contributed by atoms with Crippen molar-refractivity contribution in [3.8, 4) is 0 Å². The zero-order valence-corrected chi connectivity index (χ0v) is 18.6. The van der Waals surface area contributed by atoms with Crippen LogP contribution in [0.5, 0.6) is 0 Å². The quantitative estimate of drug-likeness (QED) is 0.266. The average molecular weight is 411 g/mol. The fourth-order valence-electron chi connectivity index (χ4n) is 3.00. The molecule has 5 heteroatoms. The van der Waals surface area contributed by atoms with Gasteiger partial charge in [-0.25, -0.2) is 0 Å². The van der Waals surface area contributed by atoms with Crippen molar-refractivity contribution in [3.05, 3.63) is 35.9 Å². The van der Waals surface area contributed by atoms with Crippen LogP contribution in [0.15, 0.2) is 30.3 Å². The largest absolute Gasteiger partial charge is 0.385 e. The van der Waals surface area contributed by atoms with Crippen LogP contribution in [0.1, 0.15) is 56.9 Å². The summed E-state index contributed by atoms with van der Waals surface area (Å²) in [5.74, 6) is 0. The van der Waals surface area contributed by atoms with Crippen molar-refractivity contribution >= 4 is 0 Å². The molecule has 0 aromatic heterocycles. The molecule has 1 atom stereocenters. The molecule has 0 N–H and O–H groups in total. The van der Waals surface area contributed by atoms with Gasteiger partial charge in [0.1, 0.15) is 6.10 Å². The molecule has 1 unspecified atom stereocenters. The lowest BCUT2D eigenvalue weighted by Crippen LogP contribution is -2.26. The molecule has 0 aliphatic rings. The Kier molecular flexibility index (Phi) is 18.2. The van der Waals surface area contributed by atoms with E-state index in [0.29, 0.717) is 19.8 Å². The van der Waals surface area contributed by atoms with Crippen LogP contribution in [0.25, 0.3) is 0 Å². The normalized spacial score (nSPS) is 12.3. The van der Waals surface area contributed by atoms with Gasteiger partial charge >= 0.3 is 0 Å². The molecule has 0 spiro atoms. The minimum atomic E-state index is -0.00817. The molecular formula is C24H42O5. The van der Waals surface area contributed by atoms with Gasteiger partial charge in [0.15, 0.2) is 0 Å². The first-order valence-corrected chi connectivity index (χ1v) is 11.2. The average Bonchev–Trinajstić information content (AvgIpc) is 2.75. The molecule has 0 saturated heterocycles. The first kappa shape index (κ1) is 26.1. The van der Waals surface area contributed by atoms with Crippen molar-refractivity contribution in [1.82, 2.24) is 0 Å². The van der Waals surface area contributed by atoms with E-state index in [9.17, 15) is 0 Å². The topological polar surface area (TPSA) is 46.2 Å². The molecule has 1 aromatic carbocycles. The van der Waals surface area contributed by atoms with Gasteiger partial charge in [-0.2, -0.15) is 0 Å². The Morgan fingerprint density at radius 3 is 1.79 bits per heavy atom. The van der Waals surface area contributed by atoms with Gasteiger partial charge < -0.3 is 23.7 Å². The zero-order valence-electron chi connectivity index (χ0n) is 18.6. The number of ether oxygens (including phenoxy) is 5. The molecule has 0 bridgehead atoms. The predicted octanol–water partition coefficient (Wildman–Crippen LogP) is 5.02. The van der Waals surface area contributed by atoms with Gasteiger partial charge in [0, 0.05) is 40.6 Å². The summed E-state index contributed by atoms with van der Waals surface area (Å²) in [4.78, 5) is 0. The fourth-order valence-corrected chi connectivity index (χ4v) is 3.00. The lowest BCUT2D eigenvalue weighted by Gasteiger charge is -2.18. The number of benzene rings is 1.